The molecule has 3 rings (SSSR count). The lowest BCUT2D eigenvalue weighted by molar-refractivity contribution is 0.0259. The highest BCUT2D eigenvalue weighted by Gasteiger charge is 2.34. The van der Waals surface area contributed by atoms with Crippen molar-refractivity contribution in [2.24, 2.45) is 0 Å². The summed E-state index contributed by atoms with van der Waals surface area (Å²) >= 11 is 0. The lowest BCUT2D eigenvalue weighted by Crippen LogP contribution is -2.59. The second kappa shape index (κ2) is 5.84. The van der Waals surface area contributed by atoms with Crippen molar-refractivity contribution in [1.29, 1.82) is 0 Å². The second-order valence-electron chi connectivity index (χ2n) is 6.76. The Kier molecular flexibility index (Phi) is 4.11. The summed E-state index contributed by atoms with van der Waals surface area (Å²) in [4.78, 5) is 2.61. The van der Waals surface area contributed by atoms with Crippen molar-refractivity contribution in [2.45, 2.75) is 44.4 Å². The fourth-order valence-corrected chi connectivity index (χ4v) is 3.42. The molecule has 0 saturated carbocycles. The molecule has 3 heteroatoms. The summed E-state index contributed by atoms with van der Waals surface area (Å²) in [6, 6.07) is 11.3. The number of nitrogens with zero attached hydrogens (tertiary/aromatic N) is 1. The molecular formula is C17H26N2O. The highest BCUT2D eigenvalue weighted by molar-refractivity contribution is 5.20. The highest BCUT2D eigenvalue weighted by Crippen LogP contribution is 2.28. The van der Waals surface area contributed by atoms with Gasteiger partial charge in [0.25, 0.3) is 0 Å². The van der Waals surface area contributed by atoms with Gasteiger partial charge in [0.05, 0.1) is 6.10 Å². The maximum atomic E-state index is 5.85. The number of hydrogen-bond acceptors (Lipinski definition) is 3. The Morgan fingerprint density at radius 3 is 2.80 bits per heavy atom. The van der Waals surface area contributed by atoms with E-state index in [0.29, 0.717) is 12.1 Å². The molecule has 2 aliphatic heterocycles. The van der Waals surface area contributed by atoms with E-state index in [0.717, 1.165) is 26.2 Å². The number of ether oxygens (including phenoxy) is 1. The monoisotopic (exact) mass is 274 g/mol. The lowest BCUT2D eigenvalue weighted by atomic mass is 9.94. The van der Waals surface area contributed by atoms with Crippen LogP contribution < -0.4 is 5.32 Å². The van der Waals surface area contributed by atoms with Gasteiger partial charge in [0.2, 0.25) is 0 Å². The molecule has 2 fully saturated rings. The van der Waals surface area contributed by atoms with Crippen LogP contribution in [0, 0.1) is 0 Å². The number of nitrogens with one attached hydrogen (secondary N) is 1. The van der Waals surface area contributed by atoms with Crippen LogP contribution in [-0.2, 0) is 4.74 Å². The SMILES string of the molecule is CC1(C)CN(CC2CCCO2)C(c2ccccc2)CN1. The van der Waals surface area contributed by atoms with Gasteiger partial charge < -0.3 is 10.1 Å². The summed E-state index contributed by atoms with van der Waals surface area (Å²) in [6.07, 6.45) is 2.86. The van der Waals surface area contributed by atoms with E-state index in [1.807, 2.05) is 0 Å². The van der Waals surface area contributed by atoms with Crippen LogP contribution in [0.5, 0.6) is 0 Å². The van der Waals surface area contributed by atoms with Gasteiger partial charge in [-0.25, -0.2) is 0 Å². The molecule has 1 aromatic carbocycles. The largest absolute Gasteiger partial charge is 0.377 e. The van der Waals surface area contributed by atoms with Gasteiger partial charge in [0, 0.05) is 37.8 Å². The molecule has 110 valence electrons. The number of piperazine rings is 1. The van der Waals surface area contributed by atoms with E-state index in [1.165, 1.54) is 18.4 Å². The molecule has 2 aliphatic rings. The predicted octanol–water partition coefficient (Wildman–Crippen LogP) is 2.59. The van der Waals surface area contributed by atoms with Gasteiger partial charge in [0.1, 0.15) is 0 Å². The van der Waals surface area contributed by atoms with E-state index in [1.54, 1.807) is 0 Å². The van der Waals surface area contributed by atoms with E-state index >= 15 is 0 Å². The Balaban J connectivity index is 1.75. The molecule has 2 unspecified atom stereocenters. The molecule has 0 spiro atoms. The quantitative estimate of drug-likeness (QED) is 0.917. The summed E-state index contributed by atoms with van der Waals surface area (Å²) in [5, 5.41) is 3.68. The Bertz CT molecular complexity index is 426. The number of benzene rings is 1. The topological polar surface area (TPSA) is 24.5 Å². The summed E-state index contributed by atoms with van der Waals surface area (Å²) in [5.74, 6) is 0. The predicted molar refractivity (Wildman–Crippen MR) is 81.8 cm³/mol. The third kappa shape index (κ3) is 3.22. The fraction of sp³-hybridized carbons (Fsp3) is 0.647. The average molecular weight is 274 g/mol. The van der Waals surface area contributed by atoms with Crippen molar-refractivity contribution in [2.75, 3.05) is 26.2 Å². The first-order chi connectivity index (χ1) is 9.64. The maximum absolute atomic E-state index is 5.85. The van der Waals surface area contributed by atoms with Gasteiger partial charge in [-0.1, -0.05) is 30.3 Å². The first-order valence-corrected chi connectivity index (χ1v) is 7.80. The van der Waals surface area contributed by atoms with Gasteiger partial charge in [-0.2, -0.15) is 0 Å². The summed E-state index contributed by atoms with van der Waals surface area (Å²) < 4.78 is 5.85. The zero-order chi connectivity index (χ0) is 14.0. The minimum Gasteiger partial charge on any atom is -0.377 e. The Morgan fingerprint density at radius 2 is 2.10 bits per heavy atom. The molecule has 0 bridgehead atoms. The van der Waals surface area contributed by atoms with Gasteiger partial charge in [-0.3, -0.25) is 4.90 Å². The van der Waals surface area contributed by atoms with Crippen LogP contribution in [0.1, 0.15) is 38.3 Å². The Labute approximate surface area is 122 Å². The number of rotatable bonds is 3. The molecule has 0 aromatic heterocycles. The zero-order valence-corrected chi connectivity index (χ0v) is 12.6. The molecule has 20 heavy (non-hydrogen) atoms. The Morgan fingerprint density at radius 1 is 1.30 bits per heavy atom. The van der Waals surface area contributed by atoms with Gasteiger partial charge >= 0.3 is 0 Å². The van der Waals surface area contributed by atoms with Crippen molar-refractivity contribution in [1.82, 2.24) is 10.2 Å². The Hall–Kier alpha value is -0.900. The van der Waals surface area contributed by atoms with Crippen LogP contribution in [0.25, 0.3) is 0 Å². The minimum atomic E-state index is 0.184. The van der Waals surface area contributed by atoms with Gasteiger partial charge in [-0.15, -0.1) is 0 Å². The third-order valence-electron chi connectivity index (χ3n) is 4.46. The van der Waals surface area contributed by atoms with Crippen LogP contribution in [0.2, 0.25) is 0 Å². The lowest BCUT2D eigenvalue weighted by Gasteiger charge is -2.45. The standard InChI is InChI=1S/C17H26N2O/c1-17(2)13-19(12-15-9-6-10-20-15)16(11-18-17)14-7-4-3-5-8-14/h3-5,7-8,15-16,18H,6,9-13H2,1-2H3. The van der Waals surface area contributed by atoms with Gasteiger partial charge in [-0.05, 0) is 32.3 Å². The number of hydrogen-bond donors (Lipinski definition) is 1. The fourth-order valence-electron chi connectivity index (χ4n) is 3.42. The minimum absolute atomic E-state index is 0.184. The first-order valence-electron chi connectivity index (χ1n) is 7.80. The van der Waals surface area contributed by atoms with E-state index in [2.05, 4.69) is 54.4 Å². The molecule has 3 nitrogen and oxygen atoms in total. The molecule has 2 atom stereocenters. The van der Waals surface area contributed by atoms with Crippen LogP contribution in [-0.4, -0.2) is 42.8 Å². The second-order valence-corrected chi connectivity index (χ2v) is 6.76. The summed E-state index contributed by atoms with van der Waals surface area (Å²) in [7, 11) is 0. The van der Waals surface area contributed by atoms with E-state index in [9.17, 15) is 0 Å². The molecule has 1 N–H and O–H groups in total. The molecule has 0 amide bonds. The zero-order valence-electron chi connectivity index (χ0n) is 12.6. The van der Waals surface area contributed by atoms with E-state index in [-0.39, 0.29) is 5.54 Å². The van der Waals surface area contributed by atoms with Crippen LogP contribution in [0.3, 0.4) is 0 Å². The smallest absolute Gasteiger partial charge is 0.0703 e. The maximum Gasteiger partial charge on any atom is 0.0703 e. The molecule has 2 heterocycles. The summed E-state index contributed by atoms with van der Waals surface area (Å²) in [6.45, 7) is 8.67. The first kappa shape index (κ1) is 14.1. The van der Waals surface area contributed by atoms with Crippen LogP contribution in [0.15, 0.2) is 30.3 Å². The normalized spacial score (nSPS) is 30.5. The highest BCUT2D eigenvalue weighted by atomic mass is 16.5. The van der Waals surface area contributed by atoms with E-state index < -0.39 is 0 Å². The summed E-state index contributed by atoms with van der Waals surface area (Å²) in [5.41, 5.74) is 1.60. The average Bonchev–Trinajstić information content (AvgIpc) is 2.92. The van der Waals surface area contributed by atoms with Crippen molar-refractivity contribution in [3.05, 3.63) is 35.9 Å². The molecular weight excluding hydrogens is 248 g/mol. The molecule has 2 saturated heterocycles. The van der Waals surface area contributed by atoms with Crippen molar-refractivity contribution < 1.29 is 4.74 Å². The van der Waals surface area contributed by atoms with E-state index in [4.69, 9.17) is 4.74 Å². The molecule has 0 radical (unpaired) electrons. The van der Waals surface area contributed by atoms with Crippen molar-refractivity contribution in [3.8, 4) is 0 Å². The van der Waals surface area contributed by atoms with Crippen molar-refractivity contribution >= 4 is 0 Å². The van der Waals surface area contributed by atoms with Gasteiger partial charge in [0.15, 0.2) is 0 Å². The molecule has 0 aliphatic carbocycles. The van der Waals surface area contributed by atoms with Crippen molar-refractivity contribution in [3.63, 3.8) is 0 Å². The van der Waals surface area contributed by atoms with Crippen LogP contribution in [0.4, 0.5) is 0 Å². The third-order valence-corrected chi connectivity index (χ3v) is 4.46. The van der Waals surface area contributed by atoms with Crippen LogP contribution >= 0.6 is 0 Å². The molecule has 1 aromatic rings.